The summed E-state index contributed by atoms with van der Waals surface area (Å²) in [6, 6.07) is 20.8. The van der Waals surface area contributed by atoms with E-state index in [1.54, 1.807) is 0 Å². The molecule has 0 amide bonds. The van der Waals surface area contributed by atoms with Gasteiger partial charge in [0, 0.05) is 28.2 Å². The summed E-state index contributed by atoms with van der Waals surface area (Å²) in [7, 11) is 0. The van der Waals surface area contributed by atoms with Crippen LogP contribution >= 0.6 is 0 Å². The number of aromatic amines is 2. The molecule has 2 aromatic carbocycles. The zero-order valence-corrected chi connectivity index (χ0v) is 15.8. The minimum atomic E-state index is 0.744. The van der Waals surface area contributed by atoms with Gasteiger partial charge in [0.2, 0.25) is 0 Å². The van der Waals surface area contributed by atoms with Crippen LogP contribution in [0.3, 0.4) is 0 Å². The van der Waals surface area contributed by atoms with Crippen LogP contribution in [-0.4, -0.2) is 29.9 Å². The summed E-state index contributed by atoms with van der Waals surface area (Å²) >= 11 is 0. The smallest absolute Gasteiger partial charge is 0.173 e. The van der Waals surface area contributed by atoms with Crippen LogP contribution < -0.4 is 0 Å². The maximum Gasteiger partial charge on any atom is 0.173 e. The molecular weight excluding hydrogens is 360 g/mol. The van der Waals surface area contributed by atoms with Crippen molar-refractivity contribution in [2.24, 2.45) is 0 Å². The SMILES string of the molecule is Cc1[nH]nc2ccc(-c3ccc4[nH]n(Cc5ccc6ncccc6c5)c4n3)cc12. The van der Waals surface area contributed by atoms with Crippen molar-refractivity contribution in [2.45, 2.75) is 13.5 Å². The maximum absolute atomic E-state index is 4.91. The lowest BCUT2D eigenvalue weighted by molar-refractivity contribution is 0.674. The lowest BCUT2D eigenvalue weighted by Gasteiger charge is -2.17. The molecule has 0 unspecified atom stereocenters. The predicted molar refractivity (Wildman–Crippen MR) is 115 cm³/mol. The number of hydrogen-bond donors (Lipinski definition) is 2. The first-order chi connectivity index (χ1) is 14.2. The van der Waals surface area contributed by atoms with Crippen LogP contribution in [0.5, 0.6) is 0 Å². The Hall–Kier alpha value is -3.93. The second kappa shape index (κ2) is 6.04. The Balaban J connectivity index is 1.37. The van der Waals surface area contributed by atoms with Gasteiger partial charge in [0.05, 0.1) is 28.8 Å². The monoisotopic (exact) mass is 378 g/mol. The number of nitrogens with one attached hydrogen (secondary N) is 2. The number of benzene rings is 2. The number of hydrogen-bond acceptors (Lipinski definition) is 3. The van der Waals surface area contributed by atoms with Crippen LogP contribution in [0.25, 0.3) is 44.2 Å². The Bertz CT molecular complexity index is 1500. The molecule has 0 aliphatic heterocycles. The second-order valence-corrected chi connectivity index (χ2v) is 7.38. The molecule has 140 valence electrons. The van der Waals surface area contributed by atoms with Gasteiger partial charge in [0.15, 0.2) is 5.65 Å². The van der Waals surface area contributed by atoms with E-state index >= 15 is 0 Å². The number of fused-ring (bicyclic) bond motifs is 3. The molecule has 6 heteroatoms. The van der Waals surface area contributed by atoms with Gasteiger partial charge in [0.1, 0.15) is 0 Å². The Morgan fingerprint density at radius 2 is 1.90 bits per heavy atom. The molecule has 0 saturated heterocycles. The van der Waals surface area contributed by atoms with Gasteiger partial charge in [-0.3, -0.25) is 19.9 Å². The van der Waals surface area contributed by atoms with Crippen LogP contribution in [0.4, 0.5) is 0 Å². The zero-order valence-electron chi connectivity index (χ0n) is 15.8. The van der Waals surface area contributed by atoms with E-state index in [1.165, 1.54) is 5.56 Å². The van der Waals surface area contributed by atoms with Crippen molar-refractivity contribution in [2.75, 3.05) is 0 Å². The van der Waals surface area contributed by atoms with E-state index in [2.05, 4.69) is 73.5 Å². The molecule has 6 rings (SSSR count). The van der Waals surface area contributed by atoms with Gasteiger partial charge < -0.3 is 0 Å². The summed E-state index contributed by atoms with van der Waals surface area (Å²) in [5.41, 5.74) is 8.34. The highest BCUT2D eigenvalue weighted by Gasteiger charge is 2.11. The first kappa shape index (κ1) is 16.1. The lowest BCUT2D eigenvalue weighted by Crippen LogP contribution is -2.13. The molecule has 6 nitrogen and oxygen atoms in total. The van der Waals surface area contributed by atoms with Gasteiger partial charge >= 0.3 is 0 Å². The average molecular weight is 378 g/mol. The third-order valence-corrected chi connectivity index (χ3v) is 5.43. The minimum Gasteiger partial charge on any atom is -0.293 e. The summed E-state index contributed by atoms with van der Waals surface area (Å²) < 4.78 is 2.08. The van der Waals surface area contributed by atoms with Gasteiger partial charge in [-0.05, 0) is 55.0 Å². The van der Waals surface area contributed by atoms with Crippen molar-refractivity contribution in [1.29, 1.82) is 0 Å². The number of rotatable bonds is 3. The largest absolute Gasteiger partial charge is 0.293 e. The van der Waals surface area contributed by atoms with Gasteiger partial charge in [-0.25, -0.2) is 4.98 Å². The first-order valence-electron chi connectivity index (χ1n) is 9.59. The van der Waals surface area contributed by atoms with E-state index in [-0.39, 0.29) is 0 Å². The summed E-state index contributed by atoms with van der Waals surface area (Å²) in [6.45, 7) is 2.78. The Kier molecular flexibility index (Phi) is 3.34. The number of aryl methyl sites for hydroxylation is 1. The fraction of sp³-hybridized carbons (Fsp3) is 0.0870. The van der Waals surface area contributed by atoms with Crippen molar-refractivity contribution in [3.63, 3.8) is 0 Å². The molecule has 0 saturated carbocycles. The van der Waals surface area contributed by atoms with Crippen molar-refractivity contribution >= 4 is 33.0 Å². The van der Waals surface area contributed by atoms with Gasteiger partial charge in [0.25, 0.3) is 0 Å². The molecule has 0 atom stereocenters. The predicted octanol–water partition coefficient (Wildman–Crippen LogP) is 4.81. The molecule has 4 aromatic heterocycles. The van der Waals surface area contributed by atoms with Crippen LogP contribution in [0, 0.1) is 6.92 Å². The van der Waals surface area contributed by atoms with E-state index in [4.69, 9.17) is 4.98 Å². The molecule has 0 bridgehead atoms. The van der Waals surface area contributed by atoms with Crippen molar-refractivity contribution in [3.05, 3.63) is 78.1 Å². The molecule has 0 radical (unpaired) electrons. The highest BCUT2D eigenvalue weighted by Crippen LogP contribution is 2.26. The lowest BCUT2D eigenvalue weighted by atomic mass is 10.1. The van der Waals surface area contributed by atoms with Crippen LogP contribution in [0.1, 0.15) is 11.3 Å². The van der Waals surface area contributed by atoms with Crippen molar-refractivity contribution < 1.29 is 0 Å². The number of pyridine rings is 2. The van der Waals surface area contributed by atoms with E-state index in [1.807, 2.05) is 25.3 Å². The van der Waals surface area contributed by atoms with Gasteiger partial charge in [-0.1, -0.05) is 18.2 Å². The fourth-order valence-corrected chi connectivity index (χ4v) is 3.87. The topological polar surface area (TPSA) is 75.2 Å². The first-order valence-corrected chi connectivity index (χ1v) is 9.59. The summed E-state index contributed by atoms with van der Waals surface area (Å²) in [6.07, 6.45) is 1.82. The summed E-state index contributed by atoms with van der Waals surface area (Å²) in [5, 5.41) is 13.0. The van der Waals surface area contributed by atoms with Crippen LogP contribution in [-0.2, 0) is 6.54 Å². The number of H-pyrrole nitrogens is 2. The third kappa shape index (κ3) is 2.61. The molecule has 4 heterocycles. The Morgan fingerprint density at radius 1 is 0.966 bits per heavy atom. The summed E-state index contributed by atoms with van der Waals surface area (Å²) in [5.74, 6) is 0. The molecule has 0 fully saturated rings. The highest BCUT2D eigenvalue weighted by molar-refractivity contribution is 5.87. The number of aromatic nitrogens is 6. The maximum atomic E-state index is 4.91. The molecule has 0 aliphatic carbocycles. The van der Waals surface area contributed by atoms with E-state index in [0.29, 0.717) is 0 Å². The zero-order chi connectivity index (χ0) is 19.4. The number of nitrogens with zero attached hydrogens (tertiary/aromatic N) is 4. The van der Waals surface area contributed by atoms with E-state index < -0.39 is 0 Å². The Labute approximate surface area is 166 Å². The normalized spacial score (nSPS) is 11.8. The summed E-state index contributed by atoms with van der Waals surface area (Å²) in [4.78, 5) is 9.30. The third-order valence-electron chi connectivity index (χ3n) is 5.43. The quantitative estimate of drug-likeness (QED) is 0.464. The standard InChI is InChI=1S/C23H18N6/c1-14-18-12-17(5-7-21(18)27-26-14)20-8-9-22-23(25-20)29(28-22)13-15-4-6-19-16(11-15)3-2-10-24-19/h2-12,28H,13H2,1H3,(H,26,27). The van der Waals surface area contributed by atoms with Crippen LogP contribution in [0.2, 0.25) is 0 Å². The molecule has 6 aromatic rings. The average Bonchev–Trinajstić information content (AvgIpc) is 3.12. The van der Waals surface area contributed by atoms with Crippen molar-refractivity contribution in [1.82, 2.24) is 29.9 Å². The highest BCUT2D eigenvalue weighted by atomic mass is 15.3. The fourth-order valence-electron chi connectivity index (χ4n) is 3.87. The van der Waals surface area contributed by atoms with Gasteiger partial charge in [-0.15, -0.1) is 0 Å². The minimum absolute atomic E-state index is 0.744. The molecule has 0 aliphatic rings. The second-order valence-electron chi connectivity index (χ2n) is 7.38. The molecule has 0 spiro atoms. The van der Waals surface area contributed by atoms with Gasteiger partial charge in [-0.2, -0.15) is 5.10 Å². The molecule has 2 N–H and O–H groups in total. The Morgan fingerprint density at radius 3 is 2.86 bits per heavy atom. The van der Waals surface area contributed by atoms with Crippen molar-refractivity contribution in [3.8, 4) is 11.3 Å². The molecule has 29 heavy (non-hydrogen) atoms. The van der Waals surface area contributed by atoms with E-state index in [0.717, 1.165) is 56.5 Å². The van der Waals surface area contributed by atoms with Crippen LogP contribution in [0.15, 0.2) is 66.9 Å². The van der Waals surface area contributed by atoms with E-state index in [9.17, 15) is 0 Å². The molecular formula is C23H18N6.